The number of aromatic nitrogens is 1. The van der Waals surface area contributed by atoms with E-state index >= 15 is 0 Å². The molecule has 0 aliphatic heterocycles. The molecular weight excluding hydrogens is 261 g/mol. The fourth-order valence-electron chi connectivity index (χ4n) is 1.45. The van der Waals surface area contributed by atoms with Gasteiger partial charge in [-0.2, -0.15) is 0 Å². The van der Waals surface area contributed by atoms with Gasteiger partial charge in [-0.15, -0.1) is 11.7 Å². The molecule has 0 atom stereocenters. The van der Waals surface area contributed by atoms with Crippen LogP contribution >= 0.6 is 22.5 Å². The molecule has 2 N–H and O–H groups in total. The van der Waals surface area contributed by atoms with Crippen LogP contribution in [0.15, 0.2) is 40.2 Å². The van der Waals surface area contributed by atoms with Crippen molar-refractivity contribution in [2.45, 2.75) is 4.90 Å². The molecular formula is C11H8FNO2S2. The Morgan fingerprint density at radius 2 is 2.12 bits per heavy atom. The molecule has 0 radical (unpaired) electrons. The summed E-state index contributed by atoms with van der Waals surface area (Å²) >= 11 is 3.90. The minimum atomic E-state index is -0.509. The Morgan fingerprint density at radius 3 is 2.76 bits per heavy atom. The van der Waals surface area contributed by atoms with E-state index in [1.807, 2.05) is 0 Å². The van der Waals surface area contributed by atoms with Gasteiger partial charge < -0.3 is 10.1 Å². The molecule has 0 spiro atoms. The third-order valence-corrected chi connectivity index (χ3v) is 3.35. The highest BCUT2D eigenvalue weighted by Crippen LogP contribution is 2.35. The van der Waals surface area contributed by atoms with Crippen LogP contribution in [0.2, 0.25) is 0 Å². The first kappa shape index (κ1) is 12.1. The molecule has 1 aromatic carbocycles. The lowest BCUT2D eigenvalue weighted by Crippen LogP contribution is -2.02. The van der Waals surface area contributed by atoms with Crippen LogP contribution in [0.5, 0.6) is 5.75 Å². The van der Waals surface area contributed by atoms with Gasteiger partial charge in [-0.3, -0.25) is 4.79 Å². The van der Waals surface area contributed by atoms with Crippen molar-refractivity contribution in [1.82, 2.24) is 4.98 Å². The molecule has 3 nitrogen and oxygen atoms in total. The maximum absolute atomic E-state index is 13.8. The Balaban J connectivity index is 2.60. The number of hydrogen-bond acceptors (Lipinski definition) is 4. The molecule has 0 bridgehead atoms. The second-order valence-corrected chi connectivity index (χ2v) is 4.50. The largest absolute Gasteiger partial charge is 0.507 e. The lowest BCUT2D eigenvalue weighted by Gasteiger charge is -2.06. The van der Waals surface area contributed by atoms with Crippen LogP contribution in [0.3, 0.4) is 0 Å². The van der Waals surface area contributed by atoms with Crippen molar-refractivity contribution in [2.24, 2.45) is 0 Å². The number of nitrogens with one attached hydrogen (secondary N) is 1. The SMILES string of the molecule is O=c1cc(-c2cc(O)c(SS)cc2F)cc[nH]1. The number of thiol groups is 1. The zero-order valence-corrected chi connectivity index (χ0v) is 10.2. The minimum absolute atomic E-state index is 0.0679. The van der Waals surface area contributed by atoms with Crippen molar-refractivity contribution in [3.63, 3.8) is 0 Å². The topological polar surface area (TPSA) is 53.1 Å². The molecule has 1 heterocycles. The number of H-pyrrole nitrogens is 1. The molecule has 0 saturated heterocycles. The maximum Gasteiger partial charge on any atom is 0.248 e. The van der Waals surface area contributed by atoms with E-state index in [0.717, 1.165) is 10.8 Å². The second kappa shape index (κ2) is 4.85. The van der Waals surface area contributed by atoms with Gasteiger partial charge in [-0.05, 0) is 23.8 Å². The van der Waals surface area contributed by atoms with Crippen molar-refractivity contribution in [3.05, 3.63) is 46.6 Å². The van der Waals surface area contributed by atoms with Crippen molar-refractivity contribution in [3.8, 4) is 16.9 Å². The van der Waals surface area contributed by atoms with Crippen molar-refractivity contribution < 1.29 is 9.50 Å². The van der Waals surface area contributed by atoms with Crippen LogP contribution in [-0.4, -0.2) is 10.1 Å². The highest BCUT2D eigenvalue weighted by atomic mass is 33.1. The van der Waals surface area contributed by atoms with Gasteiger partial charge in [0.1, 0.15) is 11.6 Å². The van der Waals surface area contributed by atoms with Gasteiger partial charge in [0.15, 0.2) is 0 Å². The number of rotatable bonds is 2. The molecule has 0 aliphatic carbocycles. The molecule has 17 heavy (non-hydrogen) atoms. The average molecular weight is 269 g/mol. The van der Waals surface area contributed by atoms with Gasteiger partial charge >= 0.3 is 0 Å². The Bertz CT molecular complexity index is 613. The Hall–Kier alpha value is -1.40. The standard InChI is InChI=1S/C11H8FNO2S2/c12-8-5-10(17-16)9(14)4-7(8)6-1-2-13-11(15)3-6/h1-5,14,16H,(H,13,15). The van der Waals surface area contributed by atoms with E-state index in [1.54, 1.807) is 6.07 Å². The Morgan fingerprint density at radius 1 is 1.35 bits per heavy atom. The molecule has 2 rings (SSSR count). The van der Waals surface area contributed by atoms with Gasteiger partial charge in [0.05, 0.1) is 4.90 Å². The summed E-state index contributed by atoms with van der Waals surface area (Å²) in [7, 11) is 0.953. The van der Waals surface area contributed by atoms with Crippen LogP contribution < -0.4 is 5.56 Å². The predicted octanol–water partition coefficient (Wildman–Crippen LogP) is 2.82. The van der Waals surface area contributed by atoms with Crippen molar-refractivity contribution in [2.75, 3.05) is 0 Å². The van der Waals surface area contributed by atoms with Crippen molar-refractivity contribution >= 4 is 22.5 Å². The van der Waals surface area contributed by atoms with Crippen LogP contribution in [0.1, 0.15) is 0 Å². The van der Waals surface area contributed by atoms with E-state index in [2.05, 4.69) is 16.6 Å². The van der Waals surface area contributed by atoms with Gasteiger partial charge in [-0.1, -0.05) is 10.8 Å². The summed E-state index contributed by atoms with van der Waals surface area (Å²) in [5, 5.41) is 9.62. The number of hydrogen-bond donors (Lipinski definition) is 3. The maximum atomic E-state index is 13.8. The number of aromatic amines is 1. The van der Waals surface area contributed by atoms with E-state index in [0.29, 0.717) is 10.5 Å². The zero-order chi connectivity index (χ0) is 12.4. The molecule has 1 aromatic heterocycles. The highest BCUT2D eigenvalue weighted by molar-refractivity contribution is 8.68. The summed E-state index contributed by atoms with van der Waals surface area (Å²) < 4.78 is 13.8. The summed E-state index contributed by atoms with van der Waals surface area (Å²) in [6.45, 7) is 0. The fraction of sp³-hybridized carbons (Fsp3) is 0. The van der Waals surface area contributed by atoms with Gasteiger partial charge in [-0.25, -0.2) is 4.39 Å². The van der Waals surface area contributed by atoms with Gasteiger partial charge in [0, 0.05) is 17.8 Å². The smallest absolute Gasteiger partial charge is 0.248 e. The second-order valence-electron chi connectivity index (χ2n) is 3.33. The van der Waals surface area contributed by atoms with E-state index in [1.165, 1.54) is 24.4 Å². The molecule has 0 aliphatic rings. The Kier molecular flexibility index (Phi) is 3.44. The third-order valence-electron chi connectivity index (χ3n) is 2.23. The minimum Gasteiger partial charge on any atom is -0.507 e. The molecule has 0 saturated carbocycles. The highest BCUT2D eigenvalue weighted by Gasteiger charge is 2.11. The van der Waals surface area contributed by atoms with Crippen molar-refractivity contribution in [1.29, 1.82) is 0 Å². The van der Waals surface area contributed by atoms with Crippen LogP contribution in [0.25, 0.3) is 11.1 Å². The zero-order valence-electron chi connectivity index (χ0n) is 8.48. The van der Waals surface area contributed by atoms with Crippen LogP contribution in [0.4, 0.5) is 4.39 Å². The number of halogens is 1. The van der Waals surface area contributed by atoms with Crippen LogP contribution in [0, 0.1) is 5.82 Å². The van der Waals surface area contributed by atoms with Crippen LogP contribution in [-0.2, 0) is 0 Å². The number of phenols is 1. The number of phenolic OH excluding ortho intramolecular Hbond substituents is 1. The first-order valence-corrected chi connectivity index (χ1v) is 6.51. The summed E-state index contributed by atoms with van der Waals surface area (Å²) in [6, 6.07) is 5.30. The third kappa shape index (κ3) is 2.48. The molecule has 0 fully saturated rings. The average Bonchev–Trinajstić information content (AvgIpc) is 2.31. The quantitative estimate of drug-likeness (QED) is 0.580. The number of aromatic hydroxyl groups is 1. The summed E-state index contributed by atoms with van der Waals surface area (Å²) in [6.07, 6.45) is 1.43. The first-order chi connectivity index (χ1) is 8.11. The summed E-state index contributed by atoms with van der Waals surface area (Å²) in [4.78, 5) is 13.9. The Labute approximate surface area is 106 Å². The molecule has 6 heteroatoms. The van der Waals surface area contributed by atoms with E-state index in [-0.39, 0.29) is 16.9 Å². The summed E-state index contributed by atoms with van der Waals surface area (Å²) in [5.41, 5.74) is 0.269. The molecule has 0 amide bonds. The van der Waals surface area contributed by atoms with E-state index in [9.17, 15) is 14.3 Å². The van der Waals surface area contributed by atoms with E-state index in [4.69, 9.17) is 0 Å². The lowest BCUT2D eigenvalue weighted by molar-refractivity contribution is 0.460. The molecule has 88 valence electrons. The normalized spacial score (nSPS) is 10.5. The number of pyridine rings is 1. The monoisotopic (exact) mass is 269 g/mol. The number of benzene rings is 1. The molecule has 0 unspecified atom stereocenters. The van der Waals surface area contributed by atoms with Gasteiger partial charge in [0.2, 0.25) is 5.56 Å². The van der Waals surface area contributed by atoms with E-state index < -0.39 is 5.82 Å². The lowest BCUT2D eigenvalue weighted by atomic mass is 10.1. The summed E-state index contributed by atoms with van der Waals surface area (Å²) in [5.74, 6) is -0.577. The van der Waals surface area contributed by atoms with Gasteiger partial charge in [0.25, 0.3) is 0 Å². The fourth-order valence-corrected chi connectivity index (χ4v) is 2.20. The first-order valence-electron chi connectivity index (χ1n) is 4.65. The molecule has 2 aromatic rings. The predicted molar refractivity (Wildman–Crippen MR) is 69.0 cm³/mol.